The van der Waals surface area contributed by atoms with Crippen molar-refractivity contribution in [2.45, 2.75) is 13.5 Å². The summed E-state index contributed by atoms with van der Waals surface area (Å²) in [5.41, 5.74) is 1.76. The van der Waals surface area contributed by atoms with E-state index in [1.165, 1.54) is 4.88 Å². The van der Waals surface area contributed by atoms with Crippen LogP contribution in [0.4, 0.5) is 11.4 Å². The highest BCUT2D eigenvalue weighted by atomic mass is 79.9. The number of aryl methyl sites for hydroxylation is 1. The first-order chi connectivity index (χ1) is 8.54. The molecule has 1 heterocycles. The normalized spacial score (nSPS) is 10.3. The lowest BCUT2D eigenvalue weighted by atomic mass is 10.2. The highest BCUT2D eigenvalue weighted by molar-refractivity contribution is 9.10. The summed E-state index contributed by atoms with van der Waals surface area (Å²) >= 11 is 5.03. The summed E-state index contributed by atoms with van der Waals surface area (Å²) in [4.78, 5) is 11.6. The molecular formula is C12H11BrN2O2S. The van der Waals surface area contributed by atoms with Gasteiger partial charge in [0.25, 0.3) is 5.69 Å². The third-order valence-electron chi connectivity index (χ3n) is 2.36. The van der Waals surface area contributed by atoms with E-state index in [4.69, 9.17) is 0 Å². The number of non-ortho nitro benzene ring substituents is 1. The number of nitro benzene ring substituents is 1. The fraction of sp³-hybridized carbons (Fsp3) is 0.167. The van der Waals surface area contributed by atoms with E-state index in [1.54, 1.807) is 23.5 Å². The Kier molecular flexibility index (Phi) is 3.98. The lowest BCUT2D eigenvalue weighted by Gasteiger charge is -2.05. The first-order valence-electron chi connectivity index (χ1n) is 5.27. The third-order valence-corrected chi connectivity index (χ3v) is 4.06. The molecule has 6 heteroatoms. The van der Waals surface area contributed by atoms with Gasteiger partial charge in [-0.2, -0.15) is 0 Å². The molecule has 2 rings (SSSR count). The molecule has 0 aliphatic rings. The van der Waals surface area contributed by atoms with Crippen LogP contribution in [0.15, 0.2) is 34.1 Å². The number of hydrogen-bond acceptors (Lipinski definition) is 4. The maximum absolute atomic E-state index is 10.8. The Bertz CT molecular complexity index is 583. The second-order valence-corrected chi connectivity index (χ2v) is 5.81. The molecule has 2 aromatic rings. The van der Waals surface area contributed by atoms with E-state index in [9.17, 15) is 10.1 Å². The summed E-state index contributed by atoms with van der Waals surface area (Å²) < 4.78 is 1.06. The van der Waals surface area contributed by atoms with Gasteiger partial charge in [0.05, 0.1) is 4.92 Å². The Morgan fingerprint density at radius 2 is 2.17 bits per heavy atom. The number of anilines is 1. The molecule has 18 heavy (non-hydrogen) atoms. The van der Waals surface area contributed by atoms with E-state index < -0.39 is 0 Å². The van der Waals surface area contributed by atoms with Crippen molar-refractivity contribution in [1.82, 2.24) is 0 Å². The van der Waals surface area contributed by atoms with Gasteiger partial charge in [-0.05, 0) is 40.5 Å². The molecule has 0 fully saturated rings. The van der Waals surface area contributed by atoms with Crippen LogP contribution >= 0.6 is 27.3 Å². The van der Waals surface area contributed by atoms with E-state index in [-0.39, 0.29) is 10.6 Å². The quantitative estimate of drug-likeness (QED) is 0.671. The van der Waals surface area contributed by atoms with Gasteiger partial charge in [-0.15, -0.1) is 11.3 Å². The average Bonchev–Trinajstić information content (AvgIpc) is 2.72. The molecule has 4 nitrogen and oxygen atoms in total. The van der Waals surface area contributed by atoms with Crippen LogP contribution in [-0.2, 0) is 6.54 Å². The molecule has 0 radical (unpaired) electrons. The van der Waals surface area contributed by atoms with Crippen molar-refractivity contribution in [1.29, 1.82) is 0 Å². The first-order valence-corrected chi connectivity index (χ1v) is 6.95. The van der Waals surface area contributed by atoms with Crippen molar-refractivity contribution in [3.8, 4) is 0 Å². The van der Waals surface area contributed by atoms with Crippen molar-refractivity contribution < 1.29 is 4.92 Å². The van der Waals surface area contributed by atoms with Gasteiger partial charge in [0.15, 0.2) is 0 Å². The summed E-state index contributed by atoms with van der Waals surface area (Å²) in [5.74, 6) is 0. The molecule has 0 saturated heterocycles. The summed E-state index contributed by atoms with van der Waals surface area (Å²) in [6.45, 7) is 2.51. The van der Waals surface area contributed by atoms with Crippen molar-refractivity contribution in [3.05, 3.63) is 54.7 Å². The number of nitro groups is 1. The monoisotopic (exact) mass is 326 g/mol. The molecule has 0 amide bonds. The van der Waals surface area contributed by atoms with E-state index in [2.05, 4.69) is 21.2 Å². The lowest BCUT2D eigenvalue weighted by molar-refractivity contribution is -0.384. The smallest absolute Gasteiger partial charge is 0.271 e. The van der Waals surface area contributed by atoms with Crippen LogP contribution in [0.5, 0.6) is 0 Å². The first kappa shape index (κ1) is 13.0. The van der Waals surface area contributed by atoms with Gasteiger partial charge in [0.2, 0.25) is 0 Å². The molecule has 0 saturated carbocycles. The van der Waals surface area contributed by atoms with Gasteiger partial charge < -0.3 is 5.32 Å². The van der Waals surface area contributed by atoms with E-state index >= 15 is 0 Å². The number of rotatable bonds is 4. The zero-order valence-corrected chi connectivity index (χ0v) is 12.0. The number of nitrogens with one attached hydrogen (secondary N) is 1. The van der Waals surface area contributed by atoms with Gasteiger partial charge in [0.1, 0.15) is 0 Å². The van der Waals surface area contributed by atoms with Crippen LogP contribution in [-0.4, -0.2) is 4.92 Å². The molecule has 0 atom stereocenters. The molecule has 0 aliphatic heterocycles. The molecule has 1 aromatic carbocycles. The average molecular weight is 327 g/mol. The van der Waals surface area contributed by atoms with Gasteiger partial charge >= 0.3 is 0 Å². The van der Waals surface area contributed by atoms with Crippen LogP contribution < -0.4 is 5.32 Å². The minimum absolute atomic E-state index is 0.116. The van der Waals surface area contributed by atoms with Crippen molar-refractivity contribution in [2.75, 3.05) is 5.32 Å². The fourth-order valence-electron chi connectivity index (χ4n) is 1.61. The maximum atomic E-state index is 10.8. The van der Waals surface area contributed by atoms with Gasteiger partial charge in [0, 0.05) is 39.1 Å². The van der Waals surface area contributed by atoms with Gasteiger partial charge in [-0.1, -0.05) is 0 Å². The van der Waals surface area contributed by atoms with Crippen molar-refractivity contribution >= 4 is 38.6 Å². The van der Waals surface area contributed by atoms with Crippen molar-refractivity contribution in [2.24, 2.45) is 0 Å². The van der Waals surface area contributed by atoms with E-state index in [0.29, 0.717) is 6.54 Å². The fourth-order valence-corrected chi connectivity index (χ4v) is 3.00. The molecule has 0 spiro atoms. The summed E-state index contributed by atoms with van der Waals surface area (Å²) in [7, 11) is 0. The van der Waals surface area contributed by atoms with Crippen molar-refractivity contribution in [3.63, 3.8) is 0 Å². The van der Waals surface area contributed by atoms with E-state index in [0.717, 1.165) is 15.7 Å². The number of nitrogens with zero attached hydrogens (tertiary/aromatic N) is 1. The molecule has 1 N–H and O–H groups in total. The van der Waals surface area contributed by atoms with Crippen LogP contribution in [0.2, 0.25) is 0 Å². The molecule has 0 unspecified atom stereocenters. The summed E-state index contributed by atoms with van der Waals surface area (Å²) in [6.07, 6.45) is 0. The predicted octanol–water partition coefficient (Wildman–Crippen LogP) is 4.34. The molecule has 1 aromatic heterocycles. The highest BCUT2D eigenvalue weighted by Gasteiger charge is 2.08. The van der Waals surface area contributed by atoms with Gasteiger partial charge in [-0.25, -0.2) is 0 Å². The van der Waals surface area contributed by atoms with E-state index in [1.807, 2.05) is 24.4 Å². The Hall–Kier alpha value is -1.40. The minimum atomic E-state index is -0.375. The molecular weight excluding hydrogens is 316 g/mol. The summed E-state index contributed by atoms with van der Waals surface area (Å²) in [6, 6.07) is 7.04. The minimum Gasteiger partial charge on any atom is -0.380 e. The Labute approximate surface area is 117 Å². The number of benzene rings is 1. The number of hydrogen-bond donors (Lipinski definition) is 1. The van der Waals surface area contributed by atoms with Crippen LogP contribution in [0.3, 0.4) is 0 Å². The third kappa shape index (κ3) is 3.30. The van der Waals surface area contributed by atoms with Crippen LogP contribution in [0.25, 0.3) is 0 Å². The van der Waals surface area contributed by atoms with Gasteiger partial charge in [-0.3, -0.25) is 10.1 Å². The highest BCUT2D eigenvalue weighted by Crippen LogP contribution is 2.23. The molecule has 0 bridgehead atoms. The SMILES string of the molecule is Cc1cc(NCc2cc(Br)cs2)cc([N+](=O)[O-])c1. The zero-order chi connectivity index (χ0) is 13.1. The molecule has 94 valence electrons. The standard InChI is InChI=1S/C12H11BrN2O2S/c1-8-2-10(5-11(3-8)15(16)17)14-6-12-4-9(13)7-18-12/h2-5,7,14H,6H2,1H3. The van der Waals surface area contributed by atoms with Crippen LogP contribution in [0.1, 0.15) is 10.4 Å². The molecule has 0 aliphatic carbocycles. The lowest BCUT2D eigenvalue weighted by Crippen LogP contribution is -1.99. The zero-order valence-electron chi connectivity index (χ0n) is 9.64. The topological polar surface area (TPSA) is 55.2 Å². The Morgan fingerprint density at radius 1 is 1.39 bits per heavy atom. The largest absolute Gasteiger partial charge is 0.380 e. The maximum Gasteiger partial charge on any atom is 0.271 e. The number of thiophene rings is 1. The Morgan fingerprint density at radius 3 is 2.78 bits per heavy atom. The predicted molar refractivity (Wildman–Crippen MR) is 77.2 cm³/mol. The second kappa shape index (κ2) is 5.49. The second-order valence-electron chi connectivity index (χ2n) is 3.90. The van der Waals surface area contributed by atoms with Crippen LogP contribution in [0, 0.1) is 17.0 Å². The number of halogens is 1. The Balaban J connectivity index is 2.11. The summed E-state index contributed by atoms with van der Waals surface area (Å²) in [5, 5.41) is 16.0.